The zero-order chi connectivity index (χ0) is 0. The molecule has 0 unspecified atom stereocenters. The molecule has 0 atom stereocenters. The van der Waals surface area contributed by atoms with Gasteiger partial charge in [0.2, 0.25) is 0 Å². The first-order chi connectivity index (χ1) is 0. The van der Waals surface area contributed by atoms with Gasteiger partial charge in [0.25, 0.3) is 0 Å². The minimum Gasteiger partial charge on any atom is -2.00 e. The van der Waals surface area contributed by atoms with Crippen LogP contribution in [0.3, 0.4) is 0 Å². The minimum atomic E-state index is 0. The third-order valence-electron chi connectivity index (χ3n) is 0. The first kappa shape index (κ1) is 2.26. The molecular weight excluding hydrogens is 572 g/mol. The molecule has 0 spiro atoms. The summed E-state index contributed by atoms with van der Waals surface area (Å²) in [7, 11) is 0. The summed E-state index contributed by atoms with van der Waals surface area (Å²) in [5, 5.41) is 0. The molecule has 0 N–H and O–H groups in total. The van der Waals surface area contributed by atoms with Crippen molar-refractivity contribution in [3.8, 4) is 0 Å². The number of hydrogen-bond acceptors (Lipinski definition) is 0. The van der Waals surface area contributed by atoms with Crippen molar-refractivity contribution < 1.29 is 16.4 Å². The van der Waals surface area contributed by atoms with Gasteiger partial charge in [-0.1, -0.05) is 0 Å². The Labute approximate surface area is 17.8 Å². The first-order valence-corrected chi connectivity index (χ1v) is 0. The van der Waals surface area contributed by atoms with E-state index in [0.717, 1.165) is 0 Å². The largest absolute Gasteiger partial charge is 3.00 e. The van der Waals surface area contributed by atoms with Gasteiger partial charge in [0, 0.05) is 0 Å². The molecule has 0 aliphatic heterocycles. The Morgan fingerprint density at radius 2 is 0.400 bits per heavy atom. The molecule has 48 valence electrons. The van der Waals surface area contributed by atoms with Crippen molar-refractivity contribution in [3.63, 3.8) is 0 Å². The van der Waals surface area contributed by atoms with E-state index >= 15 is 0 Å². The van der Waals surface area contributed by atoms with Gasteiger partial charge >= 0.3 is 0 Å². The van der Waals surface area contributed by atoms with E-state index in [-0.39, 0.29) is 16.4 Å². The molecule has 0 aliphatic rings. The van der Waals surface area contributed by atoms with Crippen LogP contribution in [0.5, 0.6) is 0 Å². The fourth-order valence-electron chi connectivity index (χ4n) is 0. The maximum absolute atomic E-state index is 0. The Hall–Kier alpha value is -2.12. The summed E-state index contributed by atoms with van der Waals surface area (Å²) in [5.41, 5.74) is 0. The molecule has 5 heteroatoms. The molecule has 0 aromatic heterocycles. The van der Waals surface area contributed by atoms with Crippen LogP contribution in [0.15, 0.2) is 0 Å². The summed E-state index contributed by atoms with van der Waals surface area (Å²) >= 11 is 0. The van der Waals surface area contributed by atoms with Gasteiger partial charge in [-0.15, -0.1) is 0 Å². The summed E-state index contributed by atoms with van der Waals surface area (Å²) < 4.78 is 0. The zero-order valence-electron chi connectivity index (χ0n) is 1.74. The average molecular weight is 572 g/mol. The van der Waals surface area contributed by atoms with E-state index < -0.39 is 0 Å². The number of hydrogen-bond donors (Lipinski definition) is 0. The molecule has 3 nitrogen and oxygen atoms in total. The van der Waals surface area contributed by atoms with Crippen molar-refractivity contribution in [2.75, 3.05) is 0 Å². The Morgan fingerprint density at radius 1 is 0.400 bits per heavy atom. The third-order valence-corrected chi connectivity index (χ3v) is 0. The van der Waals surface area contributed by atoms with Crippen LogP contribution in [0.25, 0.3) is 0 Å². The van der Waals surface area contributed by atoms with E-state index in [1.807, 2.05) is 0 Å². The van der Waals surface area contributed by atoms with Crippen molar-refractivity contribution in [2.45, 2.75) is 0 Å². The van der Waals surface area contributed by atoms with Crippen LogP contribution in [0.1, 0.15) is 0 Å². The van der Waals surface area contributed by atoms with Crippen LogP contribution >= 0.6 is 0 Å². The van der Waals surface area contributed by atoms with Crippen LogP contribution in [0.2, 0.25) is 0 Å². The molecule has 5 heavy (non-hydrogen) atoms. The second-order valence-electron chi connectivity index (χ2n) is 0. The molecule has 0 amide bonds. The van der Waals surface area contributed by atoms with E-state index in [1.54, 1.807) is 0 Å². The summed E-state index contributed by atoms with van der Waals surface area (Å²) in [6.07, 6.45) is 0. The van der Waals surface area contributed by atoms with Gasteiger partial charge < -0.3 is 16.4 Å². The predicted molar refractivity (Wildman–Crippen MR) is 2.06 cm³/mol. The van der Waals surface area contributed by atoms with Crippen molar-refractivity contribution in [2.24, 2.45) is 0 Å². The Morgan fingerprint density at radius 3 is 0.400 bits per heavy atom. The van der Waals surface area contributed by atoms with E-state index in [2.05, 4.69) is 0 Å². The molecule has 0 fully saturated rings. The van der Waals surface area contributed by atoms with Crippen LogP contribution in [0, 0.1) is 0 Å². The van der Waals surface area contributed by atoms with Crippen LogP contribution < -0.4 is 0 Å². The number of rotatable bonds is 0. The van der Waals surface area contributed by atoms with Crippen molar-refractivity contribution in [3.05, 3.63) is 0 Å². The van der Waals surface area contributed by atoms with E-state index in [9.17, 15) is 0 Å². The SMILES string of the molecule is [Lr+3].[Lr+3].[O-2].[O-2].[O-2]. The smallest absolute Gasteiger partial charge is 2.00 e. The molecular formula is Lr2O3. The average Bonchev–Trinajstić information content (AvgIpc) is 0. The van der Waals surface area contributed by atoms with Crippen molar-refractivity contribution in [1.82, 2.24) is 0 Å². The van der Waals surface area contributed by atoms with Gasteiger partial charge in [-0.05, 0) is 0 Å². The van der Waals surface area contributed by atoms with E-state index in [1.165, 1.54) is 0 Å². The molecule has 0 aromatic carbocycles. The topological polar surface area (TPSA) is 85.5 Å². The van der Waals surface area contributed by atoms with Crippen LogP contribution in [-0.2, 0) is 16.4 Å². The second-order valence-corrected chi connectivity index (χ2v) is 0. The maximum atomic E-state index is 0. The Kier molecular flexibility index (Phi) is 0.147. The maximum Gasteiger partial charge on any atom is 3.00 e. The minimum absolute atomic E-state index is 0. The van der Waals surface area contributed by atoms with E-state index in [4.69, 9.17) is 0 Å². The first-order valence-electron chi connectivity index (χ1n) is 0. The molecule has 0 aliphatic carbocycles. The summed E-state index contributed by atoms with van der Waals surface area (Å²) in [6, 6.07) is 0. The summed E-state index contributed by atoms with van der Waals surface area (Å²) in [5.74, 6) is 0. The molecule has 0 rings (SSSR count). The van der Waals surface area contributed by atoms with Crippen molar-refractivity contribution in [1.29, 1.82) is 0 Å². The van der Waals surface area contributed by atoms with Gasteiger partial charge in [-0.2, -0.15) is 0 Å². The normalized spacial score (nSPS) is 0. The second kappa shape index (κ2) is 0.324. The fraction of sp³-hybridized carbons (Fsp3) is 0. The van der Waals surface area contributed by atoms with Gasteiger partial charge in [0.1, 0.15) is 0 Å². The molecule has 0 bridgehead atoms. The summed E-state index contributed by atoms with van der Waals surface area (Å²) in [6.45, 7) is 0. The van der Waals surface area contributed by atoms with Crippen molar-refractivity contribution >= 4 is 0 Å². The van der Waals surface area contributed by atoms with E-state index in [0.29, 0.717) is 0 Å². The monoisotopic (exact) mass is 572 g/mol. The zero-order valence-corrected chi connectivity index (χ0v) is 6.04. The molecule has 0 saturated carbocycles. The Balaban J connectivity index is 0. The molecule has 0 heterocycles. The standard InChI is InChI=1S/2Lr.3O/q2*+3;3*-2. The molecule has 0 saturated heterocycles. The fourth-order valence-corrected chi connectivity index (χ4v) is 0. The predicted octanol–water partition coefficient (Wildman–Crippen LogP) is -0.356. The van der Waals surface area contributed by atoms with Crippen LogP contribution in [-0.4, -0.2) is 0 Å². The van der Waals surface area contributed by atoms with Gasteiger partial charge in [-0.25, -0.2) is 0 Å². The third kappa shape index (κ3) is 0.00602. The van der Waals surface area contributed by atoms with Gasteiger partial charge in [0.05, 0.1) is 0 Å². The van der Waals surface area contributed by atoms with Crippen LogP contribution in [0.4, 0.5) is 0 Å². The van der Waals surface area contributed by atoms with Gasteiger partial charge in [0.15, 0.2) is 0 Å². The molecule has 0 radical (unpaired) electrons. The molecule has 0 aromatic rings. The van der Waals surface area contributed by atoms with Gasteiger partial charge in [-0.3, -0.25) is 0 Å². The quantitative estimate of drug-likeness (QED) is 0.381. The summed E-state index contributed by atoms with van der Waals surface area (Å²) in [4.78, 5) is 0. The Bertz CT molecular complexity index is 4.85.